The Hall–Kier alpha value is -2.45. The number of fused-ring (bicyclic) bond motifs is 2. The first-order valence-corrected chi connectivity index (χ1v) is 9.95. The fourth-order valence-electron chi connectivity index (χ4n) is 3.56. The third-order valence-corrected chi connectivity index (χ3v) is 6.22. The number of carbonyl (C=O) groups is 4. The number of Topliss-reactive ketones (excluding diaryl/α,β-unsaturated/α-hetero) is 2. The number of hydrogen-bond acceptors (Lipinski definition) is 6. The number of benzene rings is 1. The van der Waals surface area contributed by atoms with Crippen LogP contribution in [0.3, 0.4) is 0 Å². The number of ketones is 2. The number of carbonyl (C=O) groups excluding carboxylic acids is 4. The molecule has 4 rings (SSSR count). The number of thioether (sulfide) groups is 1. The van der Waals surface area contributed by atoms with Crippen LogP contribution in [0.25, 0.3) is 0 Å². The third-order valence-electron chi connectivity index (χ3n) is 4.97. The van der Waals surface area contributed by atoms with Crippen molar-refractivity contribution in [2.24, 2.45) is 0 Å². The molecule has 2 heterocycles. The minimum Gasteiger partial charge on any atom is -0.373 e. The molecule has 2 amide bonds. The monoisotopic (exact) mass is 400 g/mol. The van der Waals surface area contributed by atoms with Crippen LogP contribution in [-0.2, 0) is 14.3 Å². The summed E-state index contributed by atoms with van der Waals surface area (Å²) in [6, 6.07) is 5.68. The van der Waals surface area contributed by atoms with Crippen LogP contribution in [-0.4, -0.2) is 52.9 Å². The third kappa shape index (κ3) is 2.79. The van der Waals surface area contributed by atoms with E-state index in [4.69, 9.17) is 4.74 Å². The average Bonchev–Trinajstić information content (AvgIpc) is 3.01. The van der Waals surface area contributed by atoms with Crippen LogP contribution in [0, 0.1) is 0 Å². The van der Waals surface area contributed by atoms with Gasteiger partial charge in [0.05, 0.1) is 22.7 Å². The van der Waals surface area contributed by atoms with Gasteiger partial charge in [0.25, 0.3) is 5.91 Å². The molecule has 0 radical (unpaired) electrons. The highest BCUT2D eigenvalue weighted by Gasteiger charge is 2.58. The van der Waals surface area contributed by atoms with Gasteiger partial charge < -0.3 is 15.4 Å². The van der Waals surface area contributed by atoms with E-state index in [1.165, 1.54) is 0 Å². The molecule has 2 aliphatic heterocycles. The second-order valence-electron chi connectivity index (χ2n) is 8.04. The molecule has 1 fully saturated rings. The first-order chi connectivity index (χ1) is 13.1. The topological polar surface area (TPSA) is 102 Å². The SMILES string of the molecule is CC(C)(C)OC[C@@H]1NC(=O)[C@]2(CSC3=C2C(=O)c2ccccc2C3=O)NC1=O. The van der Waals surface area contributed by atoms with E-state index in [9.17, 15) is 19.2 Å². The lowest BCUT2D eigenvalue weighted by Crippen LogP contribution is -2.72. The standard InChI is InChI=1S/C20H20N2O5S/c1-19(2,3)27-8-12-17(25)22-20(18(26)21-12)9-28-16-13(20)14(23)10-6-4-5-7-11(10)15(16)24/h4-7,12H,8-9H2,1-3H3,(H,21,26)(H,22,25)/t12-,20+/m0/s1. The van der Waals surface area contributed by atoms with E-state index in [1.54, 1.807) is 24.3 Å². The van der Waals surface area contributed by atoms with Crippen LogP contribution in [0.1, 0.15) is 41.5 Å². The quantitative estimate of drug-likeness (QED) is 0.774. The number of allylic oxidation sites excluding steroid dienone is 1. The van der Waals surface area contributed by atoms with Gasteiger partial charge in [-0.15, -0.1) is 11.8 Å². The highest BCUT2D eigenvalue weighted by Crippen LogP contribution is 2.46. The molecule has 146 valence electrons. The summed E-state index contributed by atoms with van der Waals surface area (Å²) in [5.41, 5.74) is -1.34. The lowest BCUT2D eigenvalue weighted by Gasteiger charge is -2.39. The van der Waals surface area contributed by atoms with E-state index in [1.807, 2.05) is 20.8 Å². The second-order valence-corrected chi connectivity index (χ2v) is 9.03. The molecule has 28 heavy (non-hydrogen) atoms. The molecule has 7 nitrogen and oxygen atoms in total. The van der Waals surface area contributed by atoms with Gasteiger partial charge in [0.2, 0.25) is 11.7 Å². The highest BCUT2D eigenvalue weighted by molar-refractivity contribution is 8.04. The highest BCUT2D eigenvalue weighted by atomic mass is 32.2. The molecule has 1 saturated heterocycles. The van der Waals surface area contributed by atoms with Crippen molar-refractivity contribution < 1.29 is 23.9 Å². The molecule has 8 heteroatoms. The molecule has 1 aromatic rings. The number of nitrogens with one attached hydrogen (secondary N) is 2. The zero-order valence-corrected chi connectivity index (χ0v) is 16.6. The zero-order chi connectivity index (χ0) is 20.3. The van der Waals surface area contributed by atoms with Crippen molar-refractivity contribution in [3.05, 3.63) is 45.9 Å². The summed E-state index contributed by atoms with van der Waals surface area (Å²) in [6.45, 7) is 5.58. The predicted octanol–water partition coefficient (Wildman–Crippen LogP) is 1.23. The van der Waals surface area contributed by atoms with Gasteiger partial charge in [-0.3, -0.25) is 19.2 Å². The summed E-state index contributed by atoms with van der Waals surface area (Å²) in [6.07, 6.45) is 0. The van der Waals surface area contributed by atoms with Crippen molar-refractivity contribution >= 4 is 35.1 Å². The van der Waals surface area contributed by atoms with Crippen LogP contribution in [0.4, 0.5) is 0 Å². The van der Waals surface area contributed by atoms with Crippen LogP contribution >= 0.6 is 11.8 Å². The van der Waals surface area contributed by atoms with E-state index in [-0.39, 0.29) is 34.2 Å². The molecule has 2 atom stereocenters. The Morgan fingerprint density at radius 2 is 1.75 bits per heavy atom. The summed E-state index contributed by atoms with van der Waals surface area (Å²) >= 11 is 1.13. The van der Waals surface area contributed by atoms with Crippen molar-refractivity contribution in [2.75, 3.05) is 12.4 Å². The number of hydrogen-bond donors (Lipinski definition) is 2. The Kier molecular flexibility index (Phi) is 4.24. The van der Waals surface area contributed by atoms with E-state index in [0.29, 0.717) is 5.56 Å². The van der Waals surface area contributed by atoms with Gasteiger partial charge in [0.15, 0.2) is 11.3 Å². The Balaban J connectivity index is 1.67. The number of amides is 2. The van der Waals surface area contributed by atoms with Gasteiger partial charge in [-0.1, -0.05) is 24.3 Å². The molecule has 0 unspecified atom stereocenters. The number of ether oxygens (including phenoxy) is 1. The first kappa shape index (κ1) is 18.9. The van der Waals surface area contributed by atoms with Gasteiger partial charge in [-0.25, -0.2) is 0 Å². The molecule has 1 aliphatic carbocycles. The fraction of sp³-hybridized carbons (Fsp3) is 0.400. The molecular formula is C20H20N2O5S. The summed E-state index contributed by atoms with van der Waals surface area (Å²) < 4.78 is 5.62. The summed E-state index contributed by atoms with van der Waals surface area (Å²) in [4.78, 5) is 51.9. The van der Waals surface area contributed by atoms with E-state index in [2.05, 4.69) is 10.6 Å². The molecule has 1 spiro atoms. The van der Waals surface area contributed by atoms with Crippen molar-refractivity contribution in [1.82, 2.24) is 10.6 Å². The van der Waals surface area contributed by atoms with E-state index >= 15 is 0 Å². The zero-order valence-electron chi connectivity index (χ0n) is 15.8. The maximum atomic E-state index is 13.1. The Morgan fingerprint density at radius 3 is 2.39 bits per heavy atom. The molecule has 0 bridgehead atoms. The Bertz CT molecular complexity index is 962. The maximum absolute atomic E-state index is 13.1. The van der Waals surface area contributed by atoms with Crippen LogP contribution in [0.5, 0.6) is 0 Å². The molecule has 1 aromatic carbocycles. The van der Waals surface area contributed by atoms with Gasteiger partial charge in [0, 0.05) is 16.9 Å². The van der Waals surface area contributed by atoms with Crippen molar-refractivity contribution in [2.45, 2.75) is 38.0 Å². The lowest BCUT2D eigenvalue weighted by molar-refractivity contribution is -0.142. The van der Waals surface area contributed by atoms with Crippen molar-refractivity contribution in [3.8, 4) is 0 Å². The largest absolute Gasteiger partial charge is 0.373 e. The minimum atomic E-state index is -1.53. The molecule has 2 N–H and O–H groups in total. The number of piperazine rings is 1. The average molecular weight is 400 g/mol. The van der Waals surface area contributed by atoms with Gasteiger partial charge in [-0.2, -0.15) is 0 Å². The van der Waals surface area contributed by atoms with Crippen molar-refractivity contribution in [3.63, 3.8) is 0 Å². The maximum Gasteiger partial charge on any atom is 0.252 e. The van der Waals surface area contributed by atoms with Gasteiger partial charge in [-0.05, 0) is 20.8 Å². The van der Waals surface area contributed by atoms with Gasteiger partial charge in [0.1, 0.15) is 6.04 Å². The summed E-state index contributed by atoms with van der Waals surface area (Å²) in [7, 11) is 0. The molecule has 0 aromatic heterocycles. The molecular weight excluding hydrogens is 380 g/mol. The minimum absolute atomic E-state index is 0.0198. The van der Waals surface area contributed by atoms with Crippen molar-refractivity contribution in [1.29, 1.82) is 0 Å². The summed E-state index contributed by atoms with van der Waals surface area (Å²) in [5, 5.41) is 5.40. The molecule has 3 aliphatic rings. The van der Waals surface area contributed by atoms with Crippen LogP contribution in [0.15, 0.2) is 34.7 Å². The summed E-state index contributed by atoms with van der Waals surface area (Å²) in [5.74, 6) is -1.50. The predicted molar refractivity (Wildman–Crippen MR) is 103 cm³/mol. The lowest BCUT2D eigenvalue weighted by atomic mass is 9.78. The first-order valence-electron chi connectivity index (χ1n) is 8.97. The Morgan fingerprint density at radius 1 is 1.11 bits per heavy atom. The van der Waals surface area contributed by atoms with Gasteiger partial charge >= 0.3 is 0 Å². The fourth-order valence-corrected chi connectivity index (χ4v) is 4.92. The second kappa shape index (κ2) is 6.28. The smallest absolute Gasteiger partial charge is 0.252 e. The van der Waals surface area contributed by atoms with E-state index < -0.39 is 34.8 Å². The molecule has 0 saturated carbocycles. The number of rotatable bonds is 2. The van der Waals surface area contributed by atoms with E-state index in [0.717, 1.165) is 11.8 Å². The van der Waals surface area contributed by atoms with Crippen LogP contribution < -0.4 is 10.6 Å². The van der Waals surface area contributed by atoms with Crippen LogP contribution in [0.2, 0.25) is 0 Å². The Labute approximate surface area is 166 Å². The normalized spacial score (nSPS) is 26.9.